The number of rotatable bonds is 4. The Kier molecular flexibility index (Phi) is 3.66. The maximum atomic E-state index is 4.13. The van der Waals surface area contributed by atoms with Crippen molar-refractivity contribution in [3.63, 3.8) is 0 Å². The summed E-state index contributed by atoms with van der Waals surface area (Å²) >= 11 is 4.13. The van der Waals surface area contributed by atoms with Crippen molar-refractivity contribution in [2.45, 2.75) is 39.0 Å². The summed E-state index contributed by atoms with van der Waals surface area (Å²) in [5.74, 6) is 0. The summed E-state index contributed by atoms with van der Waals surface area (Å²) in [5, 5.41) is 0. The third kappa shape index (κ3) is 2.35. The Morgan fingerprint density at radius 3 is 2.67 bits per heavy atom. The van der Waals surface area contributed by atoms with E-state index in [9.17, 15) is 0 Å². The Balaban J connectivity index is 2.20. The van der Waals surface area contributed by atoms with Crippen LogP contribution >= 0.6 is 0 Å². The van der Waals surface area contributed by atoms with Gasteiger partial charge in [-0.25, -0.2) is 0 Å². The molecule has 0 radical (unpaired) electrons. The molecular weight excluding hydrogens is 224 g/mol. The number of hydrogen-bond acceptors (Lipinski definition) is 0. The van der Waals surface area contributed by atoms with E-state index >= 15 is 0 Å². The first-order chi connectivity index (χ1) is 7.33. The Hall–Kier alpha value is -0.521. The molecule has 0 aliphatic heterocycles. The molecule has 81 valence electrons. The van der Waals surface area contributed by atoms with E-state index in [2.05, 4.69) is 47.2 Å². The average Bonchev–Trinajstić information content (AvgIpc) is 2.82. The van der Waals surface area contributed by atoms with Crippen LogP contribution in [0.5, 0.6) is 0 Å². The molecule has 0 spiro atoms. The van der Waals surface area contributed by atoms with Crippen LogP contribution in [0.15, 0.2) is 45.5 Å². The summed E-state index contributed by atoms with van der Waals surface area (Å²) in [6, 6.07) is 0. The van der Waals surface area contributed by atoms with Crippen LogP contribution in [0.3, 0.4) is 0 Å². The van der Waals surface area contributed by atoms with Gasteiger partial charge in [-0.2, -0.15) is 0 Å². The van der Waals surface area contributed by atoms with E-state index in [0.717, 1.165) is 12.8 Å². The van der Waals surface area contributed by atoms with E-state index in [0.29, 0.717) is 0 Å². The zero-order chi connectivity index (χ0) is 10.7. The third-order valence-electron chi connectivity index (χ3n) is 3.02. The Morgan fingerprint density at radius 1 is 1.20 bits per heavy atom. The molecule has 0 atom stereocenters. The fourth-order valence-electron chi connectivity index (χ4n) is 2.17. The molecule has 2 aliphatic carbocycles. The molecule has 0 heterocycles. The van der Waals surface area contributed by atoms with Gasteiger partial charge in [-0.1, -0.05) is 0 Å². The SMILES string of the molecule is CCCCC1=C(C2=[C]([Fe])CC=C2)CC=C1. The molecule has 0 N–H and O–H groups in total. The average molecular weight is 241 g/mol. The van der Waals surface area contributed by atoms with Crippen LogP contribution < -0.4 is 0 Å². The maximum absolute atomic E-state index is 4.13. The van der Waals surface area contributed by atoms with E-state index in [-0.39, 0.29) is 0 Å². The zero-order valence-electron chi connectivity index (χ0n) is 9.20. The van der Waals surface area contributed by atoms with Crippen molar-refractivity contribution in [2.75, 3.05) is 0 Å². The van der Waals surface area contributed by atoms with Crippen molar-refractivity contribution >= 4 is 0 Å². The first-order valence-electron chi connectivity index (χ1n) is 5.76. The predicted molar refractivity (Wildman–Crippen MR) is 61.1 cm³/mol. The second-order valence-electron chi connectivity index (χ2n) is 4.12. The second-order valence-corrected chi connectivity index (χ2v) is 4.79. The molecule has 2 rings (SSSR count). The van der Waals surface area contributed by atoms with Gasteiger partial charge >= 0.3 is 101 Å². The van der Waals surface area contributed by atoms with Crippen LogP contribution in [0.25, 0.3) is 0 Å². The molecule has 0 saturated heterocycles. The number of allylic oxidation sites excluding steroid dienone is 8. The van der Waals surface area contributed by atoms with Gasteiger partial charge in [0, 0.05) is 0 Å². The quantitative estimate of drug-likeness (QED) is 0.647. The van der Waals surface area contributed by atoms with Crippen molar-refractivity contribution in [2.24, 2.45) is 0 Å². The summed E-state index contributed by atoms with van der Waals surface area (Å²) in [6.45, 7) is 2.25. The molecule has 2 aliphatic rings. The molecule has 15 heavy (non-hydrogen) atoms. The third-order valence-corrected chi connectivity index (χ3v) is 3.54. The van der Waals surface area contributed by atoms with Crippen LogP contribution in [0, 0.1) is 0 Å². The van der Waals surface area contributed by atoms with Crippen molar-refractivity contribution in [1.82, 2.24) is 0 Å². The molecule has 0 bridgehead atoms. The molecule has 0 aromatic carbocycles. The summed E-state index contributed by atoms with van der Waals surface area (Å²) in [7, 11) is 0. The Bertz CT molecular complexity index is 367. The van der Waals surface area contributed by atoms with Gasteiger partial charge in [0.25, 0.3) is 0 Å². The van der Waals surface area contributed by atoms with Crippen molar-refractivity contribution in [3.8, 4) is 0 Å². The Morgan fingerprint density at radius 2 is 2.00 bits per heavy atom. The standard InChI is InChI=1S/C14H17.Fe/c1-2-3-7-12-10-6-11-14(12)13-8-4-5-9-13;/h4,6,8,10H,2-3,5,7,11H2,1H3;. The number of hydrogen-bond donors (Lipinski definition) is 0. The molecule has 0 aromatic rings. The zero-order valence-corrected chi connectivity index (χ0v) is 10.3. The van der Waals surface area contributed by atoms with Gasteiger partial charge in [0.1, 0.15) is 0 Å². The van der Waals surface area contributed by atoms with Crippen LogP contribution in [-0.4, -0.2) is 0 Å². The topological polar surface area (TPSA) is 0 Å². The van der Waals surface area contributed by atoms with E-state index < -0.39 is 0 Å². The van der Waals surface area contributed by atoms with Crippen LogP contribution in [0.2, 0.25) is 0 Å². The minimum absolute atomic E-state index is 1.04. The molecule has 0 aromatic heterocycles. The van der Waals surface area contributed by atoms with Gasteiger partial charge in [0.2, 0.25) is 0 Å². The molecular formula is C14H17Fe. The summed E-state index contributed by atoms with van der Waals surface area (Å²) in [6.07, 6.45) is 15.0. The van der Waals surface area contributed by atoms with Gasteiger partial charge < -0.3 is 0 Å². The van der Waals surface area contributed by atoms with Crippen LogP contribution in [-0.2, 0) is 16.0 Å². The van der Waals surface area contributed by atoms with E-state index in [1.165, 1.54) is 34.9 Å². The molecule has 0 unspecified atom stereocenters. The van der Waals surface area contributed by atoms with Gasteiger partial charge in [0.05, 0.1) is 0 Å². The molecule has 0 nitrogen and oxygen atoms in total. The summed E-state index contributed by atoms with van der Waals surface area (Å²) < 4.78 is 1.29. The fourth-order valence-corrected chi connectivity index (χ4v) is 2.56. The minimum atomic E-state index is 1.04. The van der Waals surface area contributed by atoms with Gasteiger partial charge in [0.15, 0.2) is 0 Å². The van der Waals surface area contributed by atoms with E-state index in [1.807, 2.05) is 0 Å². The number of unbranched alkanes of at least 4 members (excludes halogenated alkanes) is 1. The molecule has 0 saturated carbocycles. The van der Waals surface area contributed by atoms with Gasteiger partial charge in [-0.05, 0) is 0 Å². The van der Waals surface area contributed by atoms with Crippen LogP contribution in [0.1, 0.15) is 39.0 Å². The molecule has 1 heteroatoms. The van der Waals surface area contributed by atoms with Gasteiger partial charge in [-0.3, -0.25) is 0 Å². The monoisotopic (exact) mass is 241 g/mol. The van der Waals surface area contributed by atoms with Gasteiger partial charge in [-0.15, -0.1) is 0 Å². The van der Waals surface area contributed by atoms with Crippen LogP contribution in [0.4, 0.5) is 0 Å². The second kappa shape index (κ2) is 5.01. The predicted octanol–water partition coefficient (Wildman–Crippen LogP) is 4.19. The fraction of sp³-hybridized carbons (Fsp3) is 0.429. The summed E-state index contributed by atoms with van der Waals surface area (Å²) in [4.78, 5) is 0. The van der Waals surface area contributed by atoms with E-state index in [1.54, 1.807) is 5.57 Å². The molecule has 0 fully saturated rings. The van der Waals surface area contributed by atoms with Crippen molar-refractivity contribution in [1.29, 1.82) is 0 Å². The van der Waals surface area contributed by atoms with Crippen molar-refractivity contribution < 1.29 is 16.0 Å². The summed E-state index contributed by atoms with van der Waals surface area (Å²) in [5.41, 5.74) is 4.48. The first-order valence-corrected chi connectivity index (χ1v) is 6.31. The van der Waals surface area contributed by atoms with E-state index in [4.69, 9.17) is 0 Å². The first kappa shape index (κ1) is 11.0. The van der Waals surface area contributed by atoms with Crippen molar-refractivity contribution in [3.05, 3.63) is 45.5 Å². The molecule has 0 amide bonds. The normalized spacial score (nSPS) is 19.9. The Labute approximate surface area is 101 Å².